The van der Waals surface area contributed by atoms with Gasteiger partial charge in [0, 0.05) is 13.2 Å². The normalized spacial score (nSPS) is 17.7. The molecule has 2 N–H and O–H groups in total. The summed E-state index contributed by atoms with van der Waals surface area (Å²) in [5.74, 6) is 0.812. The van der Waals surface area contributed by atoms with Crippen LogP contribution in [0.1, 0.15) is 43.2 Å². The van der Waals surface area contributed by atoms with Crippen molar-refractivity contribution in [1.29, 1.82) is 0 Å². The lowest BCUT2D eigenvalue weighted by Gasteiger charge is -2.46. The number of aliphatic hydroxyl groups excluding tert-OH is 1. The minimum Gasteiger partial charge on any atom is -0.494 e. The molecule has 0 aliphatic heterocycles. The van der Waals surface area contributed by atoms with Crippen molar-refractivity contribution in [2.75, 3.05) is 20.3 Å². The Morgan fingerprint density at radius 2 is 2.14 bits per heavy atom. The fraction of sp³-hybridized carbons (Fsp3) is 0.667. The molecular formula is C15H23N3O3. The van der Waals surface area contributed by atoms with E-state index in [1.807, 2.05) is 0 Å². The highest BCUT2D eigenvalue weighted by atomic mass is 16.5. The Labute approximate surface area is 124 Å². The molecule has 6 heteroatoms. The van der Waals surface area contributed by atoms with Crippen LogP contribution in [0.25, 0.3) is 0 Å². The van der Waals surface area contributed by atoms with Crippen LogP contribution in [0.4, 0.5) is 0 Å². The first-order valence-electron chi connectivity index (χ1n) is 7.36. The van der Waals surface area contributed by atoms with Gasteiger partial charge in [-0.25, -0.2) is 9.97 Å². The monoisotopic (exact) mass is 293 g/mol. The summed E-state index contributed by atoms with van der Waals surface area (Å²) < 4.78 is 4.97. The molecule has 1 aliphatic rings. The van der Waals surface area contributed by atoms with E-state index in [-0.39, 0.29) is 23.8 Å². The van der Waals surface area contributed by atoms with E-state index >= 15 is 0 Å². The number of aromatic nitrogens is 2. The lowest BCUT2D eigenvalue weighted by molar-refractivity contribution is 0.0408. The van der Waals surface area contributed by atoms with Crippen LogP contribution in [0.2, 0.25) is 0 Å². The first-order chi connectivity index (χ1) is 10.1. The summed E-state index contributed by atoms with van der Waals surface area (Å²) in [5, 5.41) is 12.0. The summed E-state index contributed by atoms with van der Waals surface area (Å²) in [6, 6.07) is 0. The van der Waals surface area contributed by atoms with Crippen molar-refractivity contribution >= 4 is 5.91 Å². The number of carbonyl (C=O) groups is 1. The van der Waals surface area contributed by atoms with Gasteiger partial charge in [-0.3, -0.25) is 4.79 Å². The maximum atomic E-state index is 12.1. The molecule has 1 aromatic rings. The molecule has 0 spiro atoms. The zero-order valence-corrected chi connectivity index (χ0v) is 12.6. The number of nitrogens with zero attached hydrogens (tertiary/aromatic N) is 2. The molecule has 1 aromatic heterocycles. The summed E-state index contributed by atoms with van der Waals surface area (Å²) in [4.78, 5) is 20.1. The average Bonchev–Trinajstić information content (AvgIpc) is 2.46. The number of ether oxygens (including phenoxy) is 1. The van der Waals surface area contributed by atoms with Gasteiger partial charge in [0.25, 0.3) is 5.91 Å². The molecule has 0 saturated heterocycles. The number of methoxy groups -OCH3 is 1. The third-order valence-corrected chi connectivity index (χ3v) is 4.62. The van der Waals surface area contributed by atoms with Crippen molar-refractivity contribution in [3.05, 3.63) is 18.2 Å². The molecule has 2 rings (SSSR count). The van der Waals surface area contributed by atoms with Crippen molar-refractivity contribution in [3.63, 3.8) is 0 Å². The van der Waals surface area contributed by atoms with Crippen LogP contribution in [0.3, 0.4) is 0 Å². The van der Waals surface area contributed by atoms with Gasteiger partial charge in [-0.15, -0.1) is 0 Å². The molecule has 1 heterocycles. The molecule has 1 atom stereocenters. The summed E-state index contributed by atoms with van der Waals surface area (Å²) in [6.45, 7) is 2.95. The van der Waals surface area contributed by atoms with Crippen LogP contribution in [-0.4, -0.2) is 41.2 Å². The molecule has 6 nitrogen and oxygen atoms in total. The molecule has 21 heavy (non-hydrogen) atoms. The second-order valence-electron chi connectivity index (χ2n) is 5.76. The number of rotatable bonds is 7. The number of amides is 1. The Balaban J connectivity index is 1.92. The quantitative estimate of drug-likeness (QED) is 0.794. The Morgan fingerprint density at radius 3 is 2.62 bits per heavy atom. The predicted molar refractivity (Wildman–Crippen MR) is 78.1 cm³/mol. The third kappa shape index (κ3) is 3.50. The summed E-state index contributed by atoms with van der Waals surface area (Å²) in [6.07, 6.45) is 7.11. The van der Waals surface area contributed by atoms with Gasteiger partial charge in [-0.05, 0) is 30.6 Å². The maximum absolute atomic E-state index is 12.1. The van der Waals surface area contributed by atoms with E-state index in [0.29, 0.717) is 18.2 Å². The summed E-state index contributed by atoms with van der Waals surface area (Å²) in [5.41, 5.74) is 0.116. The minimum atomic E-state index is -0.264. The van der Waals surface area contributed by atoms with E-state index in [9.17, 15) is 4.79 Å². The Morgan fingerprint density at radius 1 is 1.48 bits per heavy atom. The topological polar surface area (TPSA) is 84.3 Å². The third-order valence-electron chi connectivity index (χ3n) is 4.62. The zero-order valence-electron chi connectivity index (χ0n) is 12.6. The molecule has 1 amide bonds. The maximum Gasteiger partial charge on any atom is 0.289 e. The smallest absolute Gasteiger partial charge is 0.289 e. The van der Waals surface area contributed by atoms with Gasteiger partial charge in [0.15, 0.2) is 5.75 Å². The Kier molecular flexibility index (Phi) is 5.12. The van der Waals surface area contributed by atoms with Crippen molar-refractivity contribution in [2.24, 2.45) is 11.3 Å². The molecule has 1 aliphatic carbocycles. The molecular weight excluding hydrogens is 270 g/mol. The van der Waals surface area contributed by atoms with Crippen LogP contribution in [0, 0.1) is 11.3 Å². The highest BCUT2D eigenvalue weighted by molar-refractivity contribution is 5.90. The number of aliphatic hydroxyl groups is 1. The molecule has 1 unspecified atom stereocenters. The largest absolute Gasteiger partial charge is 0.494 e. The number of nitrogens with one attached hydrogen (secondary N) is 1. The average molecular weight is 293 g/mol. The molecule has 0 bridgehead atoms. The van der Waals surface area contributed by atoms with Gasteiger partial charge >= 0.3 is 0 Å². The van der Waals surface area contributed by atoms with Gasteiger partial charge < -0.3 is 15.2 Å². The summed E-state index contributed by atoms with van der Waals surface area (Å²) in [7, 11) is 1.53. The van der Waals surface area contributed by atoms with Crippen molar-refractivity contribution in [3.8, 4) is 5.75 Å². The highest BCUT2D eigenvalue weighted by Crippen LogP contribution is 2.47. The first-order valence-corrected chi connectivity index (χ1v) is 7.36. The lowest BCUT2D eigenvalue weighted by atomic mass is 9.60. The van der Waals surface area contributed by atoms with Crippen LogP contribution in [-0.2, 0) is 0 Å². The van der Waals surface area contributed by atoms with Crippen molar-refractivity contribution in [2.45, 2.75) is 32.6 Å². The fourth-order valence-corrected chi connectivity index (χ4v) is 2.85. The van der Waals surface area contributed by atoms with E-state index < -0.39 is 0 Å². The second kappa shape index (κ2) is 6.85. The molecule has 0 radical (unpaired) electrons. The standard InChI is InChI=1S/C15H23N3O3/c1-11(4-7-19)15(5-3-6-15)10-18-14(20)13-16-8-12(21-2)9-17-13/h8-9,11,19H,3-7,10H2,1-2H3,(H,18,20). The van der Waals surface area contributed by atoms with Crippen molar-refractivity contribution < 1.29 is 14.6 Å². The second-order valence-corrected chi connectivity index (χ2v) is 5.76. The van der Waals surface area contributed by atoms with Gasteiger partial charge in [-0.1, -0.05) is 13.3 Å². The van der Waals surface area contributed by atoms with Crippen molar-refractivity contribution in [1.82, 2.24) is 15.3 Å². The predicted octanol–water partition coefficient (Wildman–Crippen LogP) is 1.40. The Hall–Kier alpha value is -1.69. The number of carbonyl (C=O) groups excluding carboxylic acids is 1. The molecule has 116 valence electrons. The van der Waals surface area contributed by atoms with E-state index in [0.717, 1.165) is 19.3 Å². The van der Waals surface area contributed by atoms with E-state index in [4.69, 9.17) is 9.84 Å². The van der Waals surface area contributed by atoms with Crippen LogP contribution in [0.15, 0.2) is 12.4 Å². The van der Waals surface area contributed by atoms with Gasteiger partial charge in [0.1, 0.15) is 0 Å². The van der Waals surface area contributed by atoms with Crippen LogP contribution < -0.4 is 10.1 Å². The van der Waals surface area contributed by atoms with Crippen LogP contribution in [0.5, 0.6) is 5.75 Å². The minimum absolute atomic E-state index is 0.116. The van der Waals surface area contributed by atoms with Crippen LogP contribution >= 0.6 is 0 Å². The zero-order chi connectivity index (χ0) is 15.3. The first kappa shape index (κ1) is 15.7. The number of hydrogen-bond acceptors (Lipinski definition) is 5. The number of hydrogen-bond donors (Lipinski definition) is 2. The fourth-order valence-electron chi connectivity index (χ4n) is 2.85. The van der Waals surface area contributed by atoms with Gasteiger partial charge in [-0.2, -0.15) is 0 Å². The molecule has 0 aromatic carbocycles. The van der Waals surface area contributed by atoms with Gasteiger partial charge in [0.2, 0.25) is 5.82 Å². The summed E-state index contributed by atoms with van der Waals surface area (Å²) >= 11 is 0. The highest BCUT2D eigenvalue weighted by Gasteiger charge is 2.41. The van der Waals surface area contributed by atoms with Gasteiger partial charge in [0.05, 0.1) is 19.5 Å². The SMILES string of the molecule is COc1cnc(C(=O)NCC2(C(C)CCO)CCC2)nc1. The lowest BCUT2D eigenvalue weighted by Crippen LogP contribution is -2.46. The molecule has 1 saturated carbocycles. The van der Waals surface area contributed by atoms with E-state index in [1.165, 1.54) is 25.9 Å². The van der Waals surface area contributed by atoms with E-state index in [2.05, 4.69) is 22.2 Å². The van der Waals surface area contributed by atoms with E-state index in [1.54, 1.807) is 0 Å². The Bertz CT molecular complexity index is 472. The molecule has 1 fully saturated rings.